The van der Waals surface area contributed by atoms with Gasteiger partial charge < -0.3 is 5.32 Å². The van der Waals surface area contributed by atoms with E-state index in [1.54, 1.807) is 36.4 Å². The Morgan fingerprint density at radius 3 is 2.48 bits per heavy atom. The molecule has 1 amide bonds. The zero-order chi connectivity index (χ0) is 19.8. The van der Waals surface area contributed by atoms with Gasteiger partial charge in [0, 0.05) is 5.92 Å². The van der Waals surface area contributed by atoms with Gasteiger partial charge in [0.2, 0.25) is 5.91 Å². The summed E-state index contributed by atoms with van der Waals surface area (Å²) in [5.74, 6) is -0.248. The maximum atomic E-state index is 12.6. The van der Waals surface area contributed by atoms with Crippen LogP contribution >= 0.6 is 11.3 Å². The number of nitrogens with one attached hydrogen (secondary N) is 2. The molecular formula is C19H21N3O3S2. The van der Waals surface area contributed by atoms with Crippen molar-refractivity contribution in [2.24, 2.45) is 5.92 Å². The van der Waals surface area contributed by atoms with Gasteiger partial charge in [-0.25, -0.2) is 13.4 Å². The van der Waals surface area contributed by atoms with Crippen LogP contribution in [0.25, 0.3) is 10.2 Å². The zero-order valence-corrected chi connectivity index (χ0v) is 17.2. The van der Waals surface area contributed by atoms with Crippen LogP contribution in [-0.2, 0) is 14.8 Å². The highest BCUT2D eigenvalue weighted by atomic mass is 32.2. The minimum Gasteiger partial charge on any atom is -0.302 e. The number of nitrogens with zero attached hydrogens (tertiary/aromatic N) is 1. The number of aromatic nitrogens is 1. The van der Waals surface area contributed by atoms with Crippen LogP contribution < -0.4 is 10.0 Å². The predicted molar refractivity (Wildman–Crippen MR) is 110 cm³/mol. The largest absolute Gasteiger partial charge is 0.302 e. The Kier molecular flexibility index (Phi) is 5.21. The van der Waals surface area contributed by atoms with Crippen molar-refractivity contribution >= 4 is 48.3 Å². The number of hydrogen-bond donors (Lipinski definition) is 2. The Hall–Kier alpha value is -2.45. The first-order valence-electron chi connectivity index (χ1n) is 8.47. The van der Waals surface area contributed by atoms with E-state index in [9.17, 15) is 13.2 Å². The second-order valence-electron chi connectivity index (χ2n) is 6.70. The highest BCUT2D eigenvalue weighted by Crippen LogP contribution is 2.29. The van der Waals surface area contributed by atoms with Crippen molar-refractivity contribution in [1.29, 1.82) is 0 Å². The second kappa shape index (κ2) is 7.28. The van der Waals surface area contributed by atoms with Gasteiger partial charge in [0.25, 0.3) is 10.0 Å². The number of hydrogen-bond acceptors (Lipinski definition) is 5. The van der Waals surface area contributed by atoms with E-state index in [0.29, 0.717) is 16.3 Å². The van der Waals surface area contributed by atoms with Crippen LogP contribution in [0.15, 0.2) is 41.3 Å². The normalized spacial score (nSPS) is 11.7. The molecule has 0 fully saturated rings. The number of fused-ring (bicyclic) bond motifs is 1. The third-order valence-electron chi connectivity index (χ3n) is 4.18. The fourth-order valence-electron chi connectivity index (χ4n) is 2.39. The van der Waals surface area contributed by atoms with E-state index >= 15 is 0 Å². The van der Waals surface area contributed by atoms with Crippen molar-refractivity contribution in [2.45, 2.75) is 32.6 Å². The molecule has 0 atom stereocenters. The molecule has 0 spiro atoms. The third-order valence-corrected chi connectivity index (χ3v) is 6.51. The van der Waals surface area contributed by atoms with Gasteiger partial charge in [-0.05, 0) is 55.3 Å². The van der Waals surface area contributed by atoms with Crippen LogP contribution in [0.3, 0.4) is 0 Å². The number of thiazole rings is 1. The molecule has 8 heteroatoms. The minimum absolute atomic E-state index is 0.107. The van der Waals surface area contributed by atoms with Crippen molar-refractivity contribution in [1.82, 2.24) is 4.98 Å². The standard InChI is InChI=1S/C19H21N3O3S2/c1-11(2)18(23)21-19-20-16-10-14(6-8-17(16)26-19)22-27(24,25)15-7-5-12(3)13(4)9-15/h5-11,22H,1-4H3,(H,20,21,23). The number of sulfonamides is 1. The highest BCUT2D eigenvalue weighted by molar-refractivity contribution is 7.92. The topological polar surface area (TPSA) is 88.2 Å². The number of rotatable bonds is 5. The van der Waals surface area contributed by atoms with Gasteiger partial charge in [-0.3, -0.25) is 9.52 Å². The Morgan fingerprint density at radius 1 is 1.07 bits per heavy atom. The van der Waals surface area contributed by atoms with E-state index in [-0.39, 0.29) is 16.7 Å². The molecule has 27 heavy (non-hydrogen) atoms. The second-order valence-corrected chi connectivity index (χ2v) is 9.41. The van der Waals surface area contributed by atoms with E-state index in [0.717, 1.165) is 15.8 Å². The van der Waals surface area contributed by atoms with Gasteiger partial charge in [0.15, 0.2) is 5.13 Å². The average molecular weight is 404 g/mol. The first kappa shape index (κ1) is 19.3. The molecule has 0 saturated heterocycles. The molecule has 0 saturated carbocycles. The third kappa shape index (κ3) is 4.28. The predicted octanol–water partition coefficient (Wildman–Crippen LogP) is 4.31. The molecule has 0 unspecified atom stereocenters. The molecule has 3 rings (SSSR count). The van der Waals surface area contributed by atoms with E-state index in [1.807, 2.05) is 27.7 Å². The average Bonchev–Trinajstić information content (AvgIpc) is 2.98. The number of aryl methyl sites for hydroxylation is 2. The summed E-state index contributed by atoms with van der Waals surface area (Å²) in [5, 5.41) is 3.26. The van der Waals surface area contributed by atoms with Gasteiger partial charge in [-0.15, -0.1) is 0 Å². The molecular weight excluding hydrogens is 382 g/mol. The maximum Gasteiger partial charge on any atom is 0.261 e. The summed E-state index contributed by atoms with van der Waals surface area (Å²) in [4.78, 5) is 16.4. The lowest BCUT2D eigenvalue weighted by Gasteiger charge is -2.09. The summed E-state index contributed by atoms with van der Waals surface area (Å²) in [6.45, 7) is 7.43. The SMILES string of the molecule is Cc1ccc(S(=O)(=O)Nc2ccc3sc(NC(=O)C(C)C)nc3c2)cc1C. The Bertz CT molecular complexity index is 1120. The number of amides is 1. The number of anilines is 2. The summed E-state index contributed by atoms with van der Waals surface area (Å²) < 4.78 is 28.7. The molecule has 1 heterocycles. The van der Waals surface area contributed by atoms with Crippen LogP contribution in [0.5, 0.6) is 0 Å². The Labute approximate surface area is 162 Å². The molecule has 0 aliphatic carbocycles. The molecule has 0 bridgehead atoms. The first-order valence-corrected chi connectivity index (χ1v) is 10.8. The van der Waals surface area contributed by atoms with Gasteiger partial charge >= 0.3 is 0 Å². The summed E-state index contributed by atoms with van der Waals surface area (Å²) in [6, 6.07) is 10.2. The lowest BCUT2D eigenvalue weighted by Crippen LogP contribution is -2.17. The molecule has 142 valence electrons. The molecule has 0 aliphatic heterocycles. The van der Waals surface area contributed by atoms with Gasteiger partial charge in [-0.2, -0.15) is 0 Å². The van der Waals surface area contributed by atoms with E-state index < -0.39 is 10.0 Å². The van der Waals surface area contributed by atoms with Crippen LogP contribution in [-0.4, -0.2) is 19.3 Å². The summed E-state index contributed by atoms with van der Waals surface area (Å²) >= 11 is 1.35. The number of carbonyl (C=O) groups excluding carboxylic acids is 1. The van der Waals surface area contributed by atoms with Gasteiger partial charge in [-0.1, -0.05) is 31.3 Å². The molecule has 2 N–H and O–H groups in total. The molecule has 3 aromatic rings. The quantitative estimate of drug-likeness (QED) is 0.664. The zero-order valence-electron chi connectivity index (χ0n) is 15.5. The minimum atomic E-state index is -3.69. The lowest BCUT2D eigenvalue weighted by molar-refractivity contribution is -0.118. The smallest absolute Gasteiger partial charge is 0.261 e. The molecule has 1 aromatic heterocycles. The van der Waals surface area contributed by atoms with Crippen molar-refractivity contribution in [3.8, 4) is 0 Å². The summed E-state index contributed by atoms with van der Waals surface area (Å²) in [5.41, 5.74) is 3.00. The fourth-order valence-corrected chi connectivity index (χ4v) is 4.37. The highest BCUT2D eigenvalue weighted by Gasteiger charge is 2.16. The van der Waals surface area contributed by atoms with Crippen LogP contribution in [0.4, 0.5) is 10.8 Å². The summed E-state index contributed by atoms with van der Waals surface area (Å²) in [7, 11) is -3.69. The fraction of sp³-hybridized carbons (Fsp3) is 0.263. The maximum absolute atomic E-state index is 12.6. The van der Waals surface area contributed by atoms with Crippen molar-refractivity contribution < 1.29 is 13.2 Å². The van der Waals surface area contributed by atoms with Crippen LogP contribution in [0, 0.1) is 19.8 Å². The van der Waals surface area contributed by atoms with E-state index in [2.05, 4.69) is 15.0 Å². The molecule has 0 aliphatic rings. The van der Waals surface area contributed by atoms with Crippen LogP contribution in [0.2, 0.25) is 0 Å². The van der Waals surface area contributed by atoms with Gasteiger partial charge in [0.05, 0.1) is 20.8 Å². The lowest BCUT2D eigenvalue weighted by atomic mass is 10.1. The van der Waals surface area contributed by atoms with Crippen molar-refractivity contribution in [3.05, 3.63) is 47.5 Å². The summed E-state index contributed by atoms with van der Waals surface area (Å²) in [6.07, 6.45) is 0. The number of carbonyl (C=O) groups is 1. The Balaban J connectivity index is 1.86. The number of benzene rings is 2. The van der Waals surface area contributed by atoms with E-state index in [4.69, 9.17) is 0 Å². The first-order chi connectivity index (χ1) is 12.7. The van der Waals surface area contributed by atoms with E-state index in [1.165, 1.54) is 11.3 Å². The van der Waals surface area contributed by atoms with Crippen molar-refractivity contribution in [3.63, 3.8) is 0 Å². The molecule has 0 radical (unpaired) electrons. The van der Waals surface area contributed by atoms with Gasteiger partial charge in [0.1, 0.15) is 0 Å². The van der Waals surface area contributed by atoms with Crippen LogP contribution in [0.1, 0.15) is 25.0 Å². The molecule has 2 aromatic carbocycles. The monoisotopic (exact) mass is 403 g/mol. The Morgan fingerprint density at radius 2 is 1.81 bits per heavy atom. The van der Waals surface area contributed by atoms with Crippen molar-refractivity contribution in [2.75, 3.05) is 10.0 Å². The molecule has 6 nitrogen and oxygen atoms in total.